The topological polar surface area (TPSA) is 43.7 Å². The number of rotatable bonds is 0. The predicted molar refractivity (Wildman–Crippen MR) is 120 cm³/mol. The molecule has 2 heterocycles. The van der Waals surface area contributed by atoms with Crippen molar-refractivity contribution in [1.29, 1.82) is 0 Å². The molecule has 2 saturated heterocycles. The van der Waals surface area contributed by atoms with E-state index in [2.05, 4.69) is 38.7 Å². The van der Waals surface area contributed by atoms with E-state index in [9.17, 15) is 10.2 Å². The summed E-state index contributed by atoms with van der Waals surface area (Å²) in [5, 5.41) is 21.2. The molecule has 4 aliphatic carbocycles. The highest BCUT2D eigenvalue weighted by molar-refractivity contribution is 5.27. The lowest BCUT2D eigenvalue weighted by atomic mass is 9.47. The average molecular weight is 414 g/mol. The molecule has 2 N–H and O–H groups in total. The quantitative estimate of drug-likeness (QED) is 0.569. The molecular formula is C27H43NO2. The van der Waals surface area contributed by atoms with Gasteiger partial charge in [-0.15, -0.1) is 0 Å². The Balaban J connectivity index is 1.33. The van der Waals surface area contributed by atoms with Crippen LogP contribution in [0.5, 0.6) is 0 Å². The highest BCUT2D eigenvalue weighted by atomic mass is 16.3. The monoisotopic (exact) mass is 413 g/mol. The van der Waals surface area contributed by atoms with Gasteiger partial charge in [0.1, 0.15) is 0 Å². The Morgan fingerprint density at radius 3 is 2.63 bits per heavy atom. The van der Waals surface area contributed by atoms with Gasteiger partial charge in [-0.3, -0.25) is 4.90 Å². The molecule has 0 aromatic rings. The molecule has 5 fully saturated rings. The lowest BCUT2D eigenvalue weighted by molar-refractivity contribution is -0.0650. The molecule has 0 amide bonds. The van der Waals surface area contributed by atoms with Gasteiger partial charge in [-0.2, -0.15) is 0 Å². The lowest BCUT2D eigenvalue weighted by Gasteiger charge is -2.58. The zero-order valence-electron chi connectivity index (χ0n) is 19.6. The number of piperidine rings is 1. The van der Waals surface area contributed by atoms with Gasteiger partial charge < -0.3 is 10.2 Å². The fourth-order valence-electron chi connectivity index (χ4n) is 10.5. The number of hydrogen-bond donors (Lipinski definition) is 2. The van der Waals surface area contributed by atoms with Crippen LogP contribution in [0.2, 0.25) is 0 Å². The van der Waals surface area contributed by atoms with Crippen LogP contribution in [0.1, 0.15) is 79.1 Å². The summed E-state index contributed by atoms with van der Waals surface area (Å²) < 4.78 is 0. The highest BCUT2D eigenvalue weighted by Gasteiger charge is 2.67. The molecule has 3 nitrogen and oxygen atoms in total. The summed E-state index contributed by atoms with van der Waals surface area (Å²) in [4.78, 5) is 2.79. The standard InChI is InChI=1S/C27H43NO2/c1-15-11-23(30)25-16(2)24-22(28(25)14-15)13-21-19-6-5-17-12-18(29)7-9-26(17,3)20(19)8-10-27(21,24)4/h5,15-16,18-25,29-30H,6-14H2,1-4H3/t15-,16-,18-,19+,20-,21-,22-,23-,24-,25-,26-,27-/m0/s1. The predicted octanol–water partition coefficient (Wildman–Crippen LogP) is 4.63. The Hall–Kier alpha value is -0.380. The molecule has 0 unspecified atom stereocenters. The van der Waals surface area contributed by atoms with Crippen LogP contribution >= 0.6 is 0 Å². The van der Waals surface area contributed by atoms with E-state index in [0.717, 1.165) is 42.9 Å². The Kier molecular flexibility index (Phi) is 4.44. The van der Waals surface area contributed by atoms with Gasteiger partial charge in [-0.25, -0.2) is 0 Å². The van der Waals surface area contributed by atoms with Crippen LogP contribution in [-0.4, -0.2) is 45.9 Å². The summed E-state index contributed by atoms with van der Waals surface area (Å²) in [5.74, 6) is 4.50. The van der Waals surface area contributed by atoms with Crippen LogP contribution in [0, 0.1) is 46.3 Å². The summed E-state index contributed by atoms with van der Waals surface area (Å²) in [6, 6.07) is 1.10. The summed E-state index contributed by atoms with van der Waals surface area (Å²) in [7, 11) is 0. The minimum atomic E-state index is -0.125. The first kappa shape index (κ1) is 20.2. The molecule has 0 aromatic heterocycles. The smallest absolute Gasteiger partial charge is 0.0701 e. The van der Waals surface area contributed by atoms with E-state index in [0.29, 0.717) is 34.7 Å². The normalized spacial score (nSPS) is 60.1. The number of aliphatic hydroxyl groups is 2. The van der Waals surface area contributed by atoms with Crippen LogP contribution < -0.4 is 0 Å². The summed E-state index contributed by atoms with van der Waals surface area (Å²) in [6.07, 6.45) is 11.8. The molecule has 0 spiro atoms. The van der Waals surface area contributed by atoms with Gasteiger partial charge in [0.25, 0.3) is 0 Å². The van der Waals surface area contributed by atoms with Crippen LogP contribution in [-0.2, 0) is 0 Å². The van der Waals surface area contributed by atoms with Gasteiger partial charge in [-0.05, 0) is 97.7 Å². The number of aliphatic hydroxyl groups excluding tert-OH is 2. The molecule has 12 atom stereocenters. The SMILES string of the molecule is C[C@H]1C[C@H](O)[C@@H]2[C@@H](C)[C@H]3[C@H](C[C@H]4[C@@H]5CC=C6C[C@@H](O)CC[C@]6(C)[C@H]5CC[C@]34C)N2C1. The van der Waals surface area contributed by atoms with Gasteiger partial charge in [0, 0.05) is 18.6 Å². The first-order chi connectivity index (χ1) is 14.2. The largest absolute Gasteiger partial charge is 0.393 e. The van der Waals surface area contributed by atoms with Crippen LogP contribution in [0.25, 0.3) is 0 Å². The summed E-state index contributed by atoms with van der Waals surface area (Å²) >= 11 is 0. The van der Waals surface area contributed by atoms with E-state index < -0.39 is 0 Å². The zero-order valence-corrected chi connectivity index (χ0v) is 19.6. The Bertz CT molecular complexity index is 749. The van der Waals surface area contributed by atoms with Gasteiger partial charge in [-0.1, -0.05) is 39.3 Å². The molecule has 0 radical (unpaired) electrons. The minimum Gasteiger partial charge on any atom is -0.393 e. The van der Waals surface area contributed by atoms with Crippen LogP contribution in [0.15, 0.2) is 11.6 Å². The van der Waals surface area contributed by atoms with Crippen LogP contribution in [0.4, 0.5) is 0 Å². The highest BCUT2D eigenvalue weighted by Crippen LogP contribution is 2.69. The second kappa shape index (κ2) is 6.58. The molecule has 30 heavy (non-hydrogen) atoms. The van der Waals surface area contributed by atoms with Crippen molar-refractivity contribution in [1.82, 2.24) is 4.90 Å². The van der Waals surface area contributed by atoms with Gasteiger partial charge >= 0.3 is 0 Å². The fourth-order valence-corrected chi connectivity index (χ4v) is 10.5. The van der Waals surface area contributed by atoms with Gasteiger partial charge in [0.05, 0.1) is 12.2 Å². The maximum Gasteiger partial charge on any atom is 0.0701 e. The van der Waals surface area contributed by atoms with E-state index in [4.69, 9.17) is 0 Å². The van der Waals surface area contributed by atoms with Crippen molar-refractivity contribution in [2.75, 3.05) is 6.54 Å². The van der Waals surface area contributed by atoms with Gasteiger partial charge in [0.15, 0.2) is 0 Å². The lowest BCUT2D eigenvalue weighted by Crippen LogP contribution is -2.53. The first-order valence-corrected chi connectivity index (χ1v) is 13.1. The third-order valence-corrected chi connectivity index (χ3v) is 11.7. The second-order valence-corrected chi connectivity index (χ2v) is 13.0. The van der Waals surface area contributed by atoms with E-state index >= 15 is 0 Å². The summed E-state index contributed by atoms with van der Waals surface area (Å²) in [5.41, 5.74) is 2.37. The Morgan fingerprint density at radius 1 is 1.03 bits per heavy atom. The third-order valence-electron chi connectivity index (χ3n) is 11.7. The molecule has 2 aliphatic heterocycles. The number of fused-ring (bicyclic) bond motifs is 9. The molecule has 168 valence electrons. The van der Waals surface area contributed by atoms with E-state index in [1.165, 1.54) is 38.6 Å². The maximum absolute atomic E-state index is 11.0. The Labute approximate surface area is 183 Å². The van der Waals surface area contributed by atoms with Crippen molar-refractivity contribution >= 4 is 0 Å². The molecule has 3 saturated carbocycles. The van der Waals surface area contributed by atoms with Crippen molar-refractivity contribution in [2.24, 2.45) is 46.3 Å². The number of allylic oxidation sites excluding steroid dienone is 1. The minimum absolute atomic E-state index is 0.106. The van der Waals surface area contributed by atoms with Crippen molar-refractivity contribution in [3.8, 4) is 0 Å². The van der Waals surface area contributed by atoms with E-state index in [1.54, 1.807) is 5.57 Å². The van der Waals surface area contributed by atoms with Gasteiger partial charge in [0.2, 0.25) is 0 Å². The zero-order chi connectivity index (χ0) is 21.0. The number of nitrogens with zero attached hydrogens (tertiary/aromatic N) is 1. The molecule has 3 heteroatoms. The second-order valence-electron chi connectivity index (χ2n) is 13.0. The molecule has 6 aliphatic rings. The van der Waals surface area contributed by atoms with Crippen molar-refractivity contribution in [2.45, 2.75) is 103 Å². The number of hydrogen-bond acceptors (Lipinski definition) is 3. The van der Waals surface area contributed by atoms with E-state index in [-0.39, 0.29) is 12.2 Å². The molecule has 0 bridgehead atoms. The average Bonchev–Trinajstić information content (AvgIpc) is 3.15. The first-order valence-electron chi connectivity index (χ1n) is 13.1. The fraction of sp³-hybridized carbons (Fsp3) is 0.926. The molecule has 6 rings (SSSR count). The maximum atomic E-state index is 11.0. The molecule has 0 aromatic carbocycles. The third kappa shape index (κ3) is 2.49. The molecular weight excluding hydrogens is 370 g/mol. The van der Waals surface area contributed by atoms with Crippen molar-refractivity contribution in [3.05, 3.63) is 11.6 Å². The van der Waals surface area contributed by atoms with E-state index in [1.807, 2.05) is 0 Å². The Morgan fingerprint density at radius 2 is 1.83 bits per heavy atom. The van der Waals surface area contributed by atoms with Crippen molar-refractivity contribution in [3.63, 3.8) is 0 Å². The summed E-state index contributed by atoms with van der Waals surface area (Å²) in [6.45, 7) is 11.2. The van der Waals surface area contributed by atoms with Crippen LogP contribution in [0.3, 0.4) is 0 Å². The van der Waals surface area contributed by atoms with Crippen molar-refractivity contribution < 1.29 is 10.2 Å².